The molecule has 4 aliphatic carbocycles. The van der Waals surface area contributed by atoms with Crippen LogP contribution in [0.25, 0.3) is 0 Å². The first kappa shape index (κ1) is 22.5. The average molecular weight is 445 g/mol. The van der Waals surface area contributed by atoms with Crippen LogP contribution >= 0.6 is 0 Å². The maximum absolute atomic E-state index is 13.4. The van der Waals surface area contributed by atoms with E-state index in [9.17, 15) is 14.7 Å². The third-order valence-electron chi connectivity index (χ3n) is 9.65. The molecule has 0 radical (unpaired) electrons. The lowest BCUT2D eigenvalue weighted by atomic mass is 9.46. The van der Waals surface area contributed by atoms with Crippen molar-refractivity contribution in [3.05, 3.63) is 23.8 Å². The number of carbonyl (C=O) groups is 2. The summed E-state index contributed by atoms with van der Waals surface area (Å²) in [5.74, 6) is 0.583. The van der Waals surface area contributed by atoms with Gasteiger partial charge in [-0.2, -0.15) is 0 Å². The van der Waals surface area contributed by atoms with Crippen LogP contribution in [0.3, 0.4) is 0 Å². The number of allylic oxidation sites excluding steroid dienone is 4. The molecule has 176 valence electrons. The lowest BCUT2D eigenvalue weighted by molar-refractivity contribution is -0.203. The van der Waals surface area contributed by atoms with Crippen LogP contribution in [0, 0.1) is 28.6 Å². The van der Waals surface area contributed by atoms with Gasteiger partial charge in [-0.1, -0.05) is 38.8 Å². The molecule has 0 bridgehead atoms. The number of aliphatic hydroxyl groups excluding tert-OH is 1. The SMILES string of the molecule is CCCC1O[C@@H]2C[C@H]3[C@@H]4CCC5=CC(=O)C=C[C@]5(C)[C@H]4[C@@H](OC)C[C@]3(C)[C@]2(C(=O)CO)O1. The van der Waals surface area contributed by atoms with Gasteiger partial charge in [-0.25, -0.2) is 0 Å². The molecule has 3 saturated carbocycles. The summed E-state index contributed by atoms with van der Waals surface area (Å²) in [6.45, 7) is 5.94. The Bertz CT molecular complexity index is 878. The van der Waals surface area contributed by atoms with Crippen molar-refractivity contribution in [3.8, 4) is 0 Å². The van der Waals surface area contributed by atoms with Gasteiger partial charge >= 0.3 is 0 Å². The van der Waals surface area contributed by atoms with Crippen molar-refractivity contribution in [1.82, 2.24) is 0 Å². The van der Waals surface area contributed by atoms with E-state index in [0.29, 0.717) is 12.3 Å². The van der Waals surface area contributed by atoms with Crippen LogP contribution in [-0.2, 0) is 23.8 Å². The Balaban J connectivity index is 1.58. The normalized spacial score (nSPS) is 49.2. The molecule has 0 spiro atoms. The van der Waals surface area contributed by atoms with Gasteiger partial charge in [-0.15, -0.1) is 0 Å². The Labute approximate surface area is 190 Å². The minimum Gasteiger partial charge on any atom is -0.388 e. The first-order valence-corrected chi connectivity index (χ1v) is 12.2. The smallest absolute Gasteiger partial charge is 0.193 e. The van der Waals surface area contributed by atoms with Crippen molar-refractivity contribution >= 4 is 11.6 Å². The van der Waals surface area contributed by atoms with Crippen molar-refractivity contribution < 1.29 is 28.9 Å². The molecule has 1 N–H and O–H groups in total. The van der Waals surface area contributed by atoms with Gasteiger partial charge in [0.2, 0.25) is 0 Å². The summed E-state index contributed by atoms with van der Waals surface area (Å²) in [6, 6.07) is 0. The van der Waals surface area contributed by atoms with E-state index in [1.165, 1.54) is 5.57 Å². The minimum absolute atomic E-state index is 0.0669. The Hall–Kier alpha value is -1.34. The summed E-state index contributed by atoms with van der Waals surface area (Å²) in [5, 5.41) is 9.97. The molecule has 5 rings (SSSR count). The van der Waals surface area contributed by atoms with Gasteiger partial charge in [-0.05, 0) is 56.1 Å². The molecule has 0 aromatic rings. The number of fused-ring (bicyclic) bond motifs is 7. The van der Waals surface area contributed by atoms with E-state index in [0.717, 1.165) is 32.1 Å². The van der Waals surface area contributed by atoms with E-state index in [4.69, 9.17) is 14.2 Å². The van der Waals surface area contributed by atoms with Crippen LogP contribution < -0.4 is 0 Å². The highest BCUT2D eigenvalue weighted by atomic mass is 16.7. The largest absolute Gasteiger partial charge is 0.388 e. The number of ether oxygens (including phenoxy) is 3. The second-order valence-corrected chi connectivity index (χ2v) is 10.9. The van der Waals surface area contributed by atoms with Crippen LogP contribution in [0.15, 0.2) is 23.8 Å². The molecule has 1 unspecified atom stereocenters. The highest BCUT2D eigenvalue weighted by Gasteiger charge is 2.75. The number of carbonyl (C=O) groups excluding carboxylic acids is 2. The number of rotatable bonds is 5. The Morgan fingerprint density at radius 3 is 2.81 bits per heavy atom. The summed E-state index contributed by atoms with van der Waals surface area (Å²) >= 11 is 0. The van der Waals surface area contributed by atoms with Crippen LogP contribution in [0.1, 0.15) is 59.3 Å². The highest BCUT2D eigenvalue weighted by Crippen LogP contribution is 2.70. The summed E-state index contributed by atoms with van der Waals surface area (Å²) in [5.41, 5.74) is -0.625. The average Bonchev–Trinajstić information content (AvgIpc) is 3.25. The highest BCUT2D eigenvalue weighted by molar-refractivity contribution is 6.01. The van der Waals surface area contributed by atoms with Crippen LogP contribution in [0.2, 0.25) is 0 Å². The molecule has 4 fully saturated rings. The molecule has 0 aromatic heterocycles. The topological polar surface area (TPSA) is 82.1 Å². The quantitative estimate of drug-likeness (QED) is 0.700. The van der Waals surface area contributed by atoms with Crippen molar-refractivity contribution in [3.63, 3.8) is 0 Å². The van der Waals surface area contributed by atoms with Crippen LogP contribution in [-0.4, -0.2) is 54.5 Å². The Morgan fingerprint density at radius 2 is 2.12 bits per heavy atom. The standard InChI is InChI=1S/C26H36O6/c1-5-6-22-31-21-12-18-17-8-7-15-11-16(28)9-10-24(15,2)23(17)19(30-4)13-25(18,3)26(21,32-22)20(29)14-27/h9-11,17-19,21-23,27H,5-8,12-14H2,1-4H3/t17-,18-,19-,21+,22?,23+,24-,25-,26+/m0/s1. The molecule has 0 aromatic carbocycles. The number of ketones is 2. The molecule has 6 heteroatoms. The predicted octanol–water partition coefficient (Wildman–Crippen LogP) is 3.37. The first-order chi connectivity index (χ1) is 15.2. The molecular formula is C26H36O6. The molecule has 0 amide bonds. The fourth-order valence-corrected chi connectivity index (χ4v) is 8.31. The zero-order valence-corrected chi connectivity index (χ0v) is 19.6. The molecule has 1 saturated heterocycles. The second-order valence-electron chi connectivity index (χ2n) is 10.9. The molecule has 32 heavy (non-hydrogen) atoms. The Kier molecular flexibility index (Phi) is 5.32. The Morgan fingerprint density at radius 1 is 1.34 bits per heavy atom. The summed E-state index contributed by atoms with van der Waals surface area (Å²) in [4.78, 5) is 25.4. The monoisotopic (exact) mass is 444 g/mol. The lowest BCUT2D eigenvalue weighted by Crippen LogP contribution is -2.63. The van der Waals surface area contributed by atoms with Crippen molar-refractivity contribution in [2.45, 2.75) is 83.4 Å². The van der Waals surface area contributed by atoms with Gasteiger partial charge < -0.3 is 19.3 Å². The fraction of sp³-hybridized carbons (Fsp3) is 0.769. The first-order valence-electron chi connectivity index (χ1n) is 12.2. The summed E-state index contributed by atoms with van der Waals surface area (Å²) < 4.78 is 19.0. The van der Waals surface area contributed by atoms with E-state index in [1.54, 1.807) is 13.2 Å². The number of hydrogen-bond acceptors (Lipinski definition) is 6. The second kappa shape index (κ2) is 7.59. The summed E-state index contributed by atoms with van der Waals surface area (Å²) in [7, 11) is 1.75. The zero-order chi connectivity index (χ0) is 22.9. The molecular weight excluding hydrogens is 408 g/mol. The summed E-state index contributed by atoms with van der Waals surface area (Å²) in [6.07, 6.45) is 9.71. The third kappa shape index (κ3) is 2.73. The third-order valence-corrected chi connectivity index (χ3v) is 9.65. The predicted molar refractivity (Wildman–Crippen MR) is 118 cm³/mol. The van der Waals surface area contributed by atoms with Gasteiger partial charge in [0, 0.05) is 23.9 Å². The van der Waals surface area contributed by atoms with Crippen LogP contribution in [0.4, 0.5) is 0 Å². The maximum atomic E-state index is 13.4. The number of Topliss-reactive ketones (excluding diaryl/α,β-unsaturated/α-hetero) is 1. The number of hydrogen-bond donors (Lipinski definition) is 1. The van der Waals surface area contributed by atoms with Crippen LogP contribution in [0.5, 0.6) is 0 Å². The molecule has 1 heterocycles. The van der Waals surface area contributed by atoms with Gasteiger partial charge in [0.1, 0.15) is 6.61 Å². The van der Waals surface area contributed by atoms with E-state index in [2.05, 4.69) is 26.8 Å². The van der Waals surface area contributed by atoms with Gasteiger partial charge in [0.15, 0.2) is 23.5 Å². The van der Waals surface area contributed by atoms with Crippen molar-refractivity contribution in [1.29, 1.82) is 0 Å². The van der Waals surface area contributed by atoms with E-state index in [-0.39, 0.29) is 41.0 Å². The molecule has 9 atom stereocenters. The molecule has 1 aliphatic heterocycles. The molecule has 5 aliphatic rings. The van der Waals surface area contributed by atoms with E-state index >= 15 is 0 Å². The number of methoxy groups -OCH3 is 1. The number of aliphatic hydroxyl groups is 1. The van der Waals surface area contributed by atoms with E-state index < -0.39 is 23.9 Å². The van der Waals surface area contributed by atoms with Crippen molar-refractivity contribution in [2.24, 2.45) is 28.6 Å². The fourth-order valence-electron chi connectivity index (χ4n) is 8.31. The van der Waals surface area contributed by atoms with Crippen molar-refractivity contribution in [2.75, 3.05) is 13.7 Å². The lowest BCUT2D eigenvalue weighted by Gasteiger charge is -2.60. The maximum Gasteiger partial charge on any atom is 0.193 e. The van der Waals surface area contributed by atoms with Gasteiger partial charge in [0.25, 0.3) is 0 Å². The molecule has 6 nitrogen and oxygen atoms in total. The van der Waals surface area contributed by atoms with Gasteiger partial charge in [-0.3, -0.25) is 9.59 Å². The minimum atomic E-state index is -1.12. The zero-order valence-electron chi connectivity index (χ0n) is 19.6. The van der Waals surface area contributed by atoms with E-state index in [1.807, 2.05) is 6.08 Å². The van der Waals surface area contributed by atoms with Gasteiger partial charge in [0.05, 0.1) is 12.2 Å².